The highest BCUT2D eigenvalue weighted by molar-refractivity contribution is 7.21. The lowest BCUT2D eigenvalue weighted by Gasteiger charge is -2.35. The maximum Gasteiger partial charge on any atom is 0.224 e. The molecule has 8 heteroatoms. The van der Waals surface area contributed by atoms with Crippen molar-refractivity contribution in [1.29, 1.82) is 0 Å². The number of aromatic nitrogens is 4. The molecule has 3 aromatic heterocycles. The molecule has 2 atom stereocenters. The SMILES string of the molecule is Cc1nc(NCC2CC3(CC3)C2)nc(NCC2CCC(CO)C2)c1-c1nc2c(C3CC3)nccc2s1. The van der Waals surface area contributed by atoms with Crippen molar-refractivity contribution in [1.82, 2.24) is 19.9 Å². The van der Waals surface area contributed by atoms with Crippen LogP contribution in [0, 0.1) is 30.1 Å². The van der Waals surface area contributed by atoms with Gasteiger partial charge in [0.15, 0.2) is 0 Å². The number of rotatable bonds is 9. The number of thiazole rings is 1. The first-order chi connectivity index (χ1) is 17.6. The molecule has 0 aromatic carbocycles. The summed E-state index contributed by atoms with van der Waals surface area (Å²) in [5.74, 6) is 3.91. The van der Waals surface area contributed by atoms with Crippen LogP contribution >= 0.6 is 11.3 Å². The molecule has 0 saturated heterocycles. The van der Waals surface area contributed by atoms with Crippen molar-refractivity contribution in [2.45, 2.75) is 70.6 Å². The molecule has 3 heterocycles. The largest absolute Gasteiger partial charge is 0.396 e. The third-order valence-electron chi connectivity index (χ3n) is 9.02. The lowest BCUT2D eigenvalue weighted by Crippen LogP contribution is -2.31. The standard InChI is InChI=1S/C28H36N6OS/c1-16-22(26-33-24-21(36-26)6-9-29-23(24)20-4-5-20)25(30-13-17-2-3-18(10-17)15-35)34-27(32-16)31-14-19-11-28(12-19)7-8-28/h6,9,17-20,35H,2-5,7-8,10-15H2,1H3,(H2,30,31,32,34). The van der Waals surface area contributed by atoms with Gasteiger partial charge in [0.25, 0.3) is 0 Å². The third-order valence-corrected chi connectivity index (χ3v) is 10.1. The van der Waals surface area contributed by atoms with Gasteiger partial charge in [-0.25, -0.2) is 9.97 Å². The van der Waals surface area contributed by atoms with E-state index < -0.39 is 0 Å². The van der Waals surface area contributed by atoms with Crippen LogP contribution < -0.4 is 10.6 Å². The summed E-state index contributed by atoms with van der Waals surface area (Å²) in [5, 5.41) is 17.8. The molecule has 3 aromatic rings. The highest BCUT2D eigenvalue weighted by atomic mass is 32.1. The van der Waals surface area contributed by atoms with Crippen LogP contribution in [0.1, 0.15) is 75.1 Å². The van der Waals surface area contributed by atoms with Crippen molar-refractivity contribution in [3.8, 4) is 10.6 Å². The minimum Gasteiger partial charge on any atom is -0.396 e. The Kier molecular flexibility index (Phi) is 5.65. The quantitative estimate of drug-likeness (QED) is 0.341. The van der Waals surface area contributed by atoms with E-state index in [-0.39, 0.29) is 0 Å². The Balaban J connectivity index is 1.17. The van der Waals surface area contributed by atoms with Gasteiger partial charge in [-0.15, -0.1) is 11.3 Å². The summed E-state index contributed by atoms with van der Waals surface area (Å²) in [5.41, 5.74) is 4.89. The van der Waals surface area contributed by atoms with Crippen LogP contribution in [-0.2, 0) is 0 Å². The minimum atomic E-state index is 0.300. The molecule has 4 saturated carbocycles. The normalized spacial score (nSPS) is 24.8. The Morgan fingerprint density at radius 2 is 1.81 bits per heavy atom. The van der Waals surface area contributed by atoms with Crippen LogP contribution in [0.4, 0.5) is 11.8 Å². The lowest BCUT2D eigenvalue weighted by atomic mass is 9.72. The van der Waals surface area contributed by atoms with Gasteiger partial charge in [-0.05, 0) is 93.9 Å². The molecule has 4 aliphatic rings. The first-order valence-electron chi connectivity index (χ1n) is 13.8. The molecule has 36 heavy (non-hydrogen) atoms. The number of nitrogens with zero attached hydrogens (tertiary/aromatic N) is 4. The average molecular weight is 505 g/mol. The molecule has 7 nitrogen and oxygen atoms in total. The van der Waals surface area contributed by atoms with Crippen molar-refractivity contribution < 1.29 is 5.11 Å². The number of hydrogen-bond donors (Lipinski definition) is 3. The first-order valence-corrected chi connectivity index (χ1v) is 14.6. The molecule has 3 N–H and O–H groups in total. The molecule has 4 aliphatic carbocycles. The van der Waals surface area contributed by atoms with E-state index in [1.807, 2.05) is 6.20 Å². The van der Waals surface area contributed by atoms with Crippen LogP contribution in [0.5, 0.6) is 0 Å². The van der Waals surface area contributed by atoms with Crippen LogP contribution in [0.2, 0.25) is 0 Å². The number of aryl methyl sites for hydroxylation is 1. The molecular formula is C28H36N6OS. The molecule has 7 rings (SSSR count). The second-order valence-corrected chi connectivity index (χ2v) is 13.0. The Bertz CT molecular complexity index is 1270. The Morgan fingerprint density at radius 1 is 1.00 bits per heavy atom. The Labute approximate surface area is 216 Å². The fourth-order valence-corrected chi connectivity index (χ4v) is 7.64. The molecule has 0 aliphatic heterocycles. The number of nitrogens with one attached hydrogen (secondary N) is 2. The summed E-state index contributed by atoms with van der Waals surface area (Å²) in [6.45, 7) is 4.20. The lowest BCUT2D eigenvalue weighted by molar-refractivity contribution is 0.180. The van der Waals surface area contributed by atoms with Crippen molar-refractivity contribution in [3.63, 3.8) is 0 Å². The van der Waals surface area contributed by atoms with E-state index in [0.717, 1.165) is 77.5 Å². The highest BCUT2D eigenvalue weighted by Gasteiger charge is 2.52. The maximum absolute atomic E-state index is 9.57. The van der Waals surface area contributed by atoms with Gasteiger partial charge >= 0.3 is 0 Å². The van der Waals surface area contributed by atoms with E-state index >= 15 is 0 Å². The van der Waals surface area contributed by atoms with E-state index in [9.17, 15) is 5.11 Å². The van der Waals surface area contributed by atoms with Gasteiger partial charge in [0.05, 0.1) is 21.7 Å². The van der Waals surface area contributed by atoms with E-state index in [1.165, 1.54) is 43.2 Å². The molecule has 0 radical (unpaired) electrons. The summed E-state index contributed by atoms with van der Waals surface area (Å²) in [7, 11) is 0. The second-order valence-electron chi connectivity index (χ2n) is 12.0. The van der Waals surface area contributed by atoms with Crippen molar-refractivity contribution >= 4 is 33.3 Å². The Hall–Kier alpha value is -2.32. The molecule has 0 amide bonds. The molecule has 190 valence electrons. The number of anilines is 2. The fourth-order valence-electron chi connectivity index (χ4n) is 6.57. The van der Waals surface area contributed by atoms with Crippen LogP contribution in [0.3, 0.4) is 0 Å². The maximum atomic E-state index is 9.57. The van der Waals surface area contributed by atoms with Gasteiger partial charge in [0, 0.05) is 31.8 Å². The number of aliphatic hydroxyl groups excluding tert-OH is 1. The Morgan fingerprint density at radius 3 is 2.56 bits per heavy atom. The van der Waals surface area contributed by atoms with Crippen molar-refractivity contribution in [2.75, 3.05) is 30.3 Å². The van der Waals surface area contributed by atoms with Gasteiger partial charge in [-0.3, -0.25) is 4.98 Å². The summed E-state index contributed by atoms with van der Waals surface area (Å²) in [4.78, 5) is 19.7. The molecule has 1 spiro atoms. The number of fused-ring (bicyclic) bond motifs is 1. The number of hydrogen-bond acceptors (Lipinski definition) is 8. The van der Waals surface area contributed by atoms with E-state index in [2.05, 4.69) is 28.6 Å². The van der Waals surface area contributed by atoms with Crippen LogP contribution in [0.15, 0.2) is 12.3 Å². The average Bonchev–Trinajstić information content (AvgIpc) is 3.77. The highest BCUT2D eigenvalue weighted by Crippen LogP contribution is 2.63. The van der Waals surface area contributed by atoms with Crippen LogP contribution in [0.25, 0.3) is 20.8 Å². The minimum absolute atomic E-state index is 0.300. The summed E-state index contributed by atoms with van der Waals surface area (Å²) >= 11 is 1.72. The zero-order chi connectivity index (χ0) is 24.3. The fraction of sp³-hybridized carbons (Fsp3) is 0.643. The molecule has 4 fully saturated rings. The first kappa shape index (κ1) is 22.8. The van der Waals surface area contributed by atoms with Crippen LogP contribution in [-0.4, -0.2) is 44.7 Å². The van der Waals surface area contributed by atoms with Gasteiger partial charge in [0.2, 0.25) is 5.95 Å². The van der Waals surface area contributed by atoms with Gasteiger partial charge in [-0.1, -0.05) is 0 Å². The predicted molar refractivity (Wildman–Crippen MR) is 144 cm³/mol. The molecule has 2 unspecified atom stereocenters. The van der Waals surface area contributed by atoms with E-state index in [4.69, 9.17) is 15.0 Å². The monoisotopic (exact) mass is 504 g/mol. The van der Waals surface area contributed by atoms with Gasteiger partial charge in [0.1, 0.15) is 16.3 Å². The van der Waals surface area contributed by atoms with Crippen molar-refractivity contribution in [2.24, 2.45) is 23.2 Å². The molecule has 0 bridgehead atoms. The second kappa shape index (κ2) is 8.91. The zero-order valence-corrected chi connectivity index (χ0v) is 21.9. The number of pyridine rings is 1. The third kappa shape index (κ3) is 4.36. The van der Waals surface area contributed by atoms with Crippen molar-refractivity contribution in [3.05, 3.63) is 23.7 Å². The van der Waals surface area contributed by atoms with Gasteiger partial charge in [-0.2, -0.15) is 4.98 Å². The van der Waals surface area contributed by atoms with E-state index in [1.54, 1.807) is 11.3 Å². The summed E-state index contributed by atoms with van der Waals surface area (Å²) in [6, 6.07) is 2.08. The smallest absolute Gasteiger partial charge is 0.224 e. The van der Waals surface area contributed by atoms with Gasteiger partial charge < -0.3 is 15.7 Å². The topological polar surface area (TPSA) is 95.9 Å². The predicted octanol–water partition coefficient (Wildman–Crippen LogP) is 5.76. The summed E-state index contributed by atoms with van der Waals surface area (Å²) in [6.07, 6.45) is 13.3. The molecular weight excluding hydrogens is 468 g/mol. The summed E-state index contributed by atoms with van der Waals surface area (Å²) < 4.78 is 1.19. The van der Waals surface area contributed by atoms with E-state index in [0.29, 0.717) is 29.8 Å². The zero-order valence-electron chi connectivity index (χ0n) is 21.1. The number of aliphatic hydroxyl groups is 1.